The van der Waals surface area contributed by atoms with Gasteiger partial charge >= 0.3 is 0 Å². The van der Waals surface area contributed by atoms with Crippen molar-refractivity contribution in [3.05, 3.63) is 29.8 Å². The van der Waals surface area contributed by atoms with Gasteiger partial charge in [-0.3, -0.25) is 4.79 Å². The van der Waals surface area contributed by atoms with Crippen LogP contribution >= 0.6 is 11.8 Å². The van der Waals surface area contributed by atoms with Gasteiger partial charge in [-0.1, -0.05) is 12.1 Å². The molecule has 0 atom stereocenters. The van der Waals surface area contributed by atoms with Crippen LogP contribution in [0.15, 0.2) is 24.3 Å². The van der Waals surface area contributed by atoms with Crippen LogP contribution in [0.2, 0.25) is 0 Å². The number of carbonyl (C=O) groups is 1. The molecule has 3 heteroatoms. The van der Waals surface area contributed by atoms with Crippen LogP contribution in [-0.2, 0) is 0 Å². The number of para-hydroxylation sites is 1. The minimum absolute atomic E-state index is 0.00690. The van der Waals surface area contributed by atoms with Crippen LogP contribution < -0.4 is 0 Å². The number of benzene rings is 1. The van der Waals surface area contributed by atoms with E-state index in [9.17, 15) is 9.90 Å². The second-order valence-corrected chi connectivity index (χ2v) is 3.67. The third kappa shape index (κ3) is 2.77. The summed E-state index contributed by atoms with van der Waals surface area (Å²) in [5.74, 6) is 0.883. The molecule has 1 rings (SSSR count). The second-order valence-electron chi connectivity index (χ2n) is 2.68. The van der Waals surface area contributed by atoms with Gasteiger partial charge < -0.3 is 5.11 Å². The minimum Gasteiger partial charge on any atom is -0.507 e. The summed E-state index contributed by atoms with van der Waals surface area (Å²) in [5.41, 5.74) is 0.427. The second kappa shape index (κ2) is 4.92. The molecule has 0 spiro atoms. The molecule has 1 N–H and O–H groups in total. The fourth-order valence-corrected chi connectivity index (χ4v) is 1.43. The van der Waals surface area contributed by atoms with Gasteiger partial charge in [-0.15, -0.1) is 0 Å². The summed E-state index contributed by atoms with van der Waals surface area (Å²) < 4.78 is 0. The summed E-state index contributed by atoms with van der Waals surface area (Å²) in [6.07, 6.45) is 2.44. The van der Waals surface area contributed by atoms with Crippen molar-refractivity contribution in [1.82, 2.24) is 0 Å². The SMILES string of the molecule is CSCCC(=O)c1ccccc1O. The van der Waals surface area contributed by atoms with Gasteiger partial charge in [0.1, 0.15) is 5.75 Å². The van der Waals surface area contributed by atoms with Crippen molar-refractivity contribution in [2.45, 2.75) is 6.42 Å². The lowest BCUT2D eigenvalue weighted by Gasteiger charge is -2.01. The summed E-state index contributed by atoms with van der Waals surface area (Å²) in [7, 11) is 0. The van der Waals surface area contributed by atoms with Crippen molar-refractivity contribution in [2.75, 3.05) is 12.0 Å². The molecule has 0 aromatic heterocycles. The Hall–Kier alpha value is -0.960. The van der Waals surface area contributed by atoms with Crippen molar-refractivity contribution >= 4 is 17.5 Å². The number of Topliss-reactive ketones (excluding diaryl/α,β-unsaturated/α-hetero) is 1. The molecule has 70 valence electrons. The average molecular weight is 196 g/mol. The maximum Gasteiger partial charge on any atom is 0.167 e. The van der Waals surface area contributed by atoms with Crippen molar-refractivity contribution < 1.29 is 9.90 Å². The largest absolute Gasteiger partial charge is 0.507 e. The van der Waals surface area contributed by atoms with Crippen molar-refractivity contribution in [2.24, 2.45) is 0 Å². The van der Waals surface area contributed by atoms with Crippen LogP contribution in [0.25, 0.3) is 0 Å². The van der Waals surface area contributed by atoms with Gasteiger partial charge in [0.2, 0.25) is 0 Å². The number of phenols is 1. The van der Waals surface area contributed by atoms with Gasteiger partial charge in [0.25, 0.3) is 0 Å². The van der Waals surface area contributed by atoms with Gasteiger partial charge in [0, 0.05) is 12.2 Å². The summed E-state index contributed by atoms with van der Waals surface area (Å²) in [6, 6.07) is 6.65. The van der Waals surface area contributed by atoms with Crippen LogP contribution in [-0.4, -0.2) is 22.9 Å². The zero-order chi connectivity index (χ0) is 9.68. The van der Waals surface area contributed by atoms with Gasteiger partial charge in [0.15, 0.2) is 5.78 Å². The first-order valence-electron chi connectivity index (χ1n) is 4.06. The maximum atomic E-state index is 11.5. The molecule has 0 bridgehead atoms. The zero-order valence-electron chi connectivity index (χ0n) is 7.49. The van der Waals surface area contributed by atoms with Gasteiger partial charge in [-0.05, 0) is 18.4 Å². The lowest BCUT2D eigenvalue weighted by Crippen LogP contribution is -2.00. The molecule has 0 unspecified atom stereocenters. The lowest BCUT2D eigenvalue weighted by atomic mass is 10.1. The number of carbonyl (C=O) groups excluding carboxylic acids is 1. The maximum absolute atomic E-state index is 11.5. The highest BCUT2D eigenvalue weighted by Gasteiger charge is 2.08. The first-order valence-corrected chi connectivity index (χ1v) is 5.45. The first kappa shape index (κ1) is 10.1. The Bertz CT molecular complexity index is 297. The summed E-state index contributed by atoms with van der Waals surface area (Å²) in [5, 5.41) is 9.35. The van der Waals surface area contributed by atoms with Gasteiger partial charge in [-0.25, -0.2) is 0 Å². The van der Waals surface area contributed by atoms with E-state index >= 15 is 0 Å². The highest BCUT2D eigenvalue weighted by molar-refractivity contribution is 7.98. The van der Waals surface area contributed by atoms with Crippen LogP contribution in [0.5, 0.6) is 5.75 Å². The monoisotopic (exact) mass is 196 g/mol. The molecule has 0 amide bonds. The number of hydrogen-bond donors (Lipinski definition) is 1. The van der Waals surface area contributed by atoms with Crippen molar-refractivity contribution in [3.8, 4) is 5.75 Å². The molecule has 13 heavy (non-hydrogen) atoms. The quantitative estimate of drug-likeness (QED) is 0.751. The van der Waals surface area contributed by atoms with E-state index in [-0.39, 0.29) is 11.5 Å². The Labute approximate surface area is 82.0 Å². The number of rotatable bonds is 4. The Morgan fingerprint density at radius 1 is 1.46 bits per heavy atom. The third-order valence-electron chi connectivity index (χ3n) is 1.74. The van der Waals surface area contributed by atoms with Crippen molar-refractivity contribution in [1.29, 1.82) is 0 Å². The number of phenolic OH excluding ortho intramolecular Hbond substituents is 1. The molecule has 0 aliphatic rings. The Kier molecular flexibility index (Phi) is 3.83. The fourth-order valence-electron chi connectivity index (χ4n) is 1.04. The van der Waals surface area contributed by atoms with Crippen LogP contribution in [0.3, 0.4) is 0 Å². The van der Waals surface area contributed by atoms with Gasteiger partial charge in [0.05, 0.1) is 5.56 Å². The Morgan fingerprint density at radius 3 is 2.77 bits per heavy atom. The van der Waals surface area contributed by atoms with E-state index in [1.165, 1.54) is 6.07 Å². The topological polar surface area (TPSA) is 37.3 Å². The number of hydrogen-bond acceptors (Lipinski definition) is 3. The summed E-state index contributed by atoms with van der Waals surface area (Å²) in [4.78, 5) is 11.5. The van der Waals surface area contributed by atoms with E-state index in [1.807, 2.05) is 6.26 Å². The normalized spacial score (nSPS) is 9.92. The molecule has 0 saturated carbocycles. The van der Waals surface area contributed by atoms with E-state index < -0.39 is 0 Å². The molecular weight excluding hydrogens is 184 g/mol. The highest BCUT2D eigenvalue weighted by atomic mass is 32.2. The summed E-state index contributed by atoms with van der Waals surface area (Å²) in [6.45, 7) is 0. The molecule has 1 aromatic carbocycles. The molecule has 0 aliphatic heterocycles. The number of thioether (sulfide) groups is 1. The van der Waals surface area contributed by atoms with Gasteiger partial charge in [-0.2, -0.15) is 11.8 Å². The molecule has 0 aliphatic carbocycles. The predicted molar refractivity (Wildman–Crippen MR) is 55.4 cm³/mol. The fraction of sp³-hybridized carbons (Fsp3) is 0.300. The van der Waals surface area contributed by atoms with E-state index in [4.69, 9.17) is 0 Å². The van der Waals surface area contributed by atoms with E-state index in [0.29, 0.717) is 12.0 Å². The van der Waals surface area contributed by atoms with E-state index in [1.54, 1.807) is 30.0 Å². The predicted octanol–water partition coefficient (Wildman–Crippen LogP) is 2.33. The van der Waals surface area contributed by atoms with Crippen LogP contribution in [0.1, 0.15) is 16.8 Å². The smallest absolute Gasteiger partial charge is 0.167 e. The lowest BCUT2D eigenvalue weighted by molar-refractivity contribution is 0.0987. The molecule has 0 fully saturated rings. The van der Waals surface area contributed by atoms with E-state index in [0.717, 1.165) is 5.75 Å². The van der Waals surface area contributed by atoms with Crippen LogP contribution in [0.4, 0.5) is 0 Å². The molecule has 0 saturated heterocycles. The number of ketones is 1. The summed E-state index contributed by atoms with van der Waals surface area (Å²) >= 11 is 1.63. The molecule has 1 aromatic rings. The Morgan fingerprint density at radius 2 is 2.15 bits per heavy atom. The average Bonchev–Trinajstić information content (AvgIpc) is 2.15. The minimum atomic E-state index is 0.00690. The molecule has 0 radical (unpaired) electrons. The number of aromatic hydroxyl groups is 1. The van der Waals surface area contributed by atoms with Crippen LogP contribution in [0, 0.1) is 0 Å². The third-order valence-corrected chi connectivity index (χ3v) is 2.35. The molecular formula is C10H12O2S. The van der Waals surface area contributed by atoms with Crippen molar-refractivity contribution in [3.63, 3.8) is 0 Å². The zero-order valence-corrected chi connectivity index (χ0v) is 8.30. The highest BCUT2D eigenvalue weighted by Crippen LogP contribution is 2.17. The standard InChI is InChI=1S/C10H12O2S/c1-13-7-6-10(12)8-4-2-3-5-9(8)11/h2-5,11H,6-7H2,1H3. The van der Waals surface area contributed by atoms with E-state index in [2.05, 4.69) is 0 Å². The first-order chi connectivity index (χ1) is 6.25. The molecule has 0 heterocycles. The molecule has 2 nitrogen and oxygen atoms in total. The Balaban J connectivity index is 2.71.